The average Bonchev–Trinajstić information content (AvgIpc) is 2.87. The maximum absolute atomic E-state index is 13.2. The Morgan fingerprint density at radius 1 is 1.55 bits per heavy atom. The molecule has 0 bridgehead atoms. The van der Waals surface area contributed by atoms with E-state index in [1.165, 1.54) is 6.07 Å². The SMILES string of the molecule is CC(NCC1CCCC1C(=O)O)c1ccc(F)c(Br)c1. The molecule has 1 aliphatic rings. The lowest BCUT2D eigenvalue weighted by Gasteiger charge is -2.20. The Morgan fingerprint density at radius 2 is 2.30 bits per heavy atom. The van der Waals surface area contributed by atoms with Crippen LogP contribution in [-0.4, -0.2) is 17.6 Å². The van der Waals surface area contributed by atoms with E-state index < -0.39 is 5.97 Å². The highest BCUT2D eigenvalue weighted by Gasteiger charge is 2.32. The second-order valence-corrected chi connectivity index (χ2v) is 6.29. The normalized spacial score (nSPS) is 23.8. The molecule has 0 saturated heterocycles. The van der Waals surface area contributed by atoms with Crippen LogP contribution in [0.15, 0.2) is 22.7 Å². The van der Waals surface area contributed by atoms with Crippen LogP contribution in [0.2, 0.25) is 0 Å². The number of hydrogen-bond donors (Lipinski definition) is 2. The smallest absolute Gasteiger partial charge is 0.306 e. The summed E-state index contributed by atoms with van der Waals surface area (Å²) < 4.78 is 13.7. The largest absolute Gasteiger partial charge is 0.481 e. The minimum Gasteiger partial charge on any atom is -0.481 e. The molecule has 20 heavy (non-hydrogen) atoms. The van der Waals surface area contributed by atoms with E-state index in [4.69, 9.17) is 5.11 Å². The van der Waals surface area contributed by atoms with Crippen molar-refractivity contribution in [2.75, 3.05) is 6.54 Å². The number of carboxylic acid groups (broad SMARTS) is 1. The van der Waals surface area contributed by atoms with E-state index in [9.17, 15) is 9.18 Å². The zero-order valence-electron chi connectivity index (χ0n) is 11.4. The van der Waals surface area contributed by atoms with Crippen LogP contribution in [0.5, 0.6) is 0 Å². The van der Waals surface area contributed by atoms with Crippen LogP contribution in [0, 0.1) is 17.7 Å². The van der Waals surface area contributed by atoms with Crippen molar-refractivity contribution in [1.82, 2.24) is 5.32 Å². The van der Waals surface area contributed by atoms with Crippen molar-refractivity contribution in [2.24, 2.45) is 11.8 Å². The Bertz CT molecular complexity index is 495. The van der Waals surface area contributed by atoms with E-state index in [0.717, 1.165) is 24.8 Å². The second-order valence-electron chi connectivity index (χ2n) is 5.44. The van der Waals surface area contributed by atoms with Gasteiger partial charge in [-0.2, -0.15) is 0 Å². The van der Waals surface area contributed by atoms with Gasteiger partial charge in [-0.25, -0.2) is 4.39 Å². The number of hydrogen-bond acceptors (Lipinski definition) is 2. The maximum atomic E-state index is 13.2. The Balaban J connectivity index is 1.93. The molecule has 1 aromatic carbocycles. The van der Waals surface area contributed by atoms with Crippen molar-refractivity contribution in [3.05, 3.63) is 34.1 Å². The summed E-state index contributed by atoms with van der Waals surface area (Å²) in [4.78, 5) is 11.1. The third kappa shape index (κ3) is 3.58. The molecule has 0 amide bonds. The fraction of sp³-hybridized carbons (Fsp3) is 0.533. The lowest BCUT2D eigenvalue weighted by molar-refractivity contribution is -0.142. The van der Waals surface area contributed by atoms with Gasteiger partial charge in [-0.1, -0.05) is 12.5 Å². The van der Waals surface area contributed by atoms with Gasteiger partial charge in [0.15, 0.2) is 0 Å². The van der Waals surface area contributed by atoms with E-state index in [-0.39, 0.29) is 23.7 Å². The molecule has 0 heterocycles. The summed E-state index contributed by atoms with van der Waals surface area (Å²) in [7, 11) is 0. The number of nitrogens with one attached hydrogen (secondary N) is 1. The highest BCUT2D eigenvalue weighted by atomic mass is 79.9. The molecule has 0 spiro atoms. The van der Waals surface area contributed by atoms with Gasteiger partial charge in [0.25, 0.3) is 0 Å². The van der Waals surface area contributed by atoms with Crippen LogP contribution < -0.4 is 5.32 Å². The van der Waals surface area contributed by atoms with E-state index in [2.05, 4.69) is 21.2 Å². The van der Waals surface area contributed by atoms with Gasteiger partial charge in [0.05, 0.1) is 10.4 Å². The van der Waals surface area contributed by atoms with Gasteiger partial charge < -0.3 is 10.4 Å². The third-order valence-electron chi connectivity index (χ3n) is 4.11. The number of rotatable bonds is 5. The van der Waals surface area contributed by atoms with Crippen molar-refractivity contribution >= 4 is 21.9 Å². The standard InChI is InChI=1S/C15H19BrFNO2/c1-9(10-5-6-14(17)13(16)7-10)18-8-11-3-2-4-12(11)15(19)20/h5-7,9,11-12,18H,2-4,8H2,1H3,(H,19,20). The molecule has 3 unspecified atom stereocenters. The van der Waals surface area contributed by atoms with Gasteiger partial charge in [0.1, 0.15) is 5.82 Å². The van der Waals surface area contributed by atoms with Crippen LogP contribution in [0.4, 0.5) is 4.39 Å². The highest BCUT2D eigenvalue weighted by molar-refractivity contribution is 9.10. The van der Waals surface area contributed by atoms with E-state index in [1.54, 1.807) is 12.1 Å². The zero-order chi connectivity index (χ0) is 14.7. The van der Waals surface area contributed by atoms with Gasteiger partial charge in [-0.15, -0.1) is 0 Å². The molecule has 3 atom stereocenters. The number of halogens is 2. The number of carbonyl (C=O) groups is 1. The predicted molar refractivity (Wildman–Crippen MR) is 79.0 cm³/mol. The molecule has 0 aromatic heterocycles. The summed E-state index contributed by atoms with van der Waals surface area (Å²) in [5.74, 6) is -0.998. The topological polar surface area (TPSA) is 49.3 Å². The molecule has 5 heteroatoms. The molecule has 3 nitrogen and oxygen atoms in total. The van der Waals surface area contributed by atoms with Gasteiger partial charge in [-0.3, -0.25) is 4.79 Å². The summed E-state index contributed by atoms with van der Waals surface area (Å²) in [5, 5.41) is 12.5. The van der Waals surface area contributed by atoms with Gasteiger partial charge in [-0.05, 0) is 65.9 Å². The number of aliphatic carboxylic acids is 1. The van der Waals surface area contributed by atoms with Gasteiger partial charge in [0, 0.05) is 6.04 Å². The molecule has 2 N–H and O–H groups in total. The van der Waals surface area contributed by atoms with Crippen LogP contribution in [0.25, 0.3) is 0 Å². The molecule has 1 fully saturated rings. The molecule has 1 aliphatic carbocycles. The van der Waals surface area contributed by atoms with Crippen molar-refractivity contribution in [3.8, 4) is 0 Å². The third-order valence-corrected chi connectivity index (χ3v) is 4.71. The molecule has 1 aromatic rings. The Kier molecular flexibility index (Phi) is 5.16. The van der Waals surface area contributed by atoms with E-state index in [1.807, 2.05) is 6.92 Å². The van der Waals surface area contributed by atoms with Crippen LogP contribution in [0.3, 0.4) is 0 Å². The highest BCUT2D eigenvalue weighted by Crippen LogP contribution is 2.32. The van der Waals surface area contributed by atoms with Crippen LogP contribution >= 0.6 is 15.9 Å². The monoisotopic (exact) mass is 343 g/mol. The summed E-state index contributed by atoms with van der Waals surface area (Å²) >= 11 is 3.18. The molecular weight excluding hydrogens is 325 g/mol. The van der Waals surface area contributed by atoms with Crippen LogP contribution in [0.1, 0.15) is 37.8 Å². The number of carboxylic acids is 1. The van der Waals surface area contributed by atoms with Crippen molar-refractivity contribution in [2.45, 2.75) is 32.2 Å². The summed E-state index contributed by atoms with van der Waals surface area (Å²) in [6.07, 6.45) is 2.72. The summed E-state index contributed by atoms with van der Waals surface area (Å²) in [5.41, 5.74) is 0.989. The first-order valence-electron chi connectivity index (χ1n) is 6.90. The molecule has 2 rings (SSSR count). The van der Waals surface area contributed by atoms with Gasteiger partial charge in [0.2, 0.25) is 0 Å². The maximum Gasteiger partial charge on any atom is 0.306 e. The minimum atomic E-state index is -0.688. The first-order valence-corrected chi connectivity index (χ1v) is 7.69. The van der Waals surface area contributed by atoms with Gasteiger partial charge >= 0.3 is 5.97 Å². The fourth-order valence-corrected chi connectivity index (χ4v) is 3.23. The quantitative estimate of drug-likeness (QED) is 0.856. The number of benzene rings is 1. The van der Waals surface area contributed by atoms with E-state index >= 15 is 0 Å². The molecule has 0 aliphatic heterocycles. The van der Waals surface area contributed by atoms with Crippen molar-refractivity contribution < 1.29 is 14.3 Å². The molecule has 1 saturated carbocycles. The van der Waals surface area contributed by atoms with Crippen molar-refractivity contribution in [1.29, 1.82) is 0 Å². The summed E-state index contributed by atoms with van der Waals surface area (Å²) in [6, 6.07) is 5.02. The van der Waals surface area contributed by atoms with Crippen LogP contribution in [-0.2, 0) is 4.79 Å². The lowest BCUT2D eigenvalue weighted by atomic mass is 9.95. The predicted octanol–water partition coefficient (Wildman–Crippen LogP) is 3.74. The molecule has 0 radical (unpaired) electrons. The Labute approximate surface area is 126 Å². The van der Waals surface area contributed by atoms with E-state index in [0.29, 0.717) is 11.0 Å². The fourth-order valence-electron chi connectivity index (χ4n) is 2.83. The first kappa shape index (κ1) is 15.4. The minimum absolute atomic E-state index is 0.0712. The molecular formula is C15H19BrFNO2. The first-order chi connectivity index (χ1) is 9.49. The zero-order valence-corrected chi connectivity index (χ0v) is 13.0. The second kappa shape index (κ2) is 6.68. The summed E-state index contributed by atoms with van der Waals surface area (Å²) in [6.45, 7) is 2.69. The Morgan fingerprint density at radius 3 is 2.95 bits per heavy atom. The molecule has 110 valence electrons. The Hall–Kier alpha value is -0.940. The van der Waals surface area contributed by atoms with Crippen molar-refractivity contribution in [3.63, 3.8) is 0 Å². The average molecular weight is 344 g/mol. The lowest BCUT2D eigenvalue weighted by Crippen LogP contribution is -2.30.